The van der Waals surface area contributed by atoms with Crippen molar-refractivity contribution < 1.29 is 9.53 Å². The fourth-order valence-corrected chi connectivity index (χ4v) is 1.94. The second-order valence-electron chi connectivity index (χ2n) is 4.40. The van der Waals surface area contributed by atoms with Crippen molar-refractivity contribution >= 4 is 22.4 Å². The van der Waals surface area contributed by atoms with E-state index in [0.29, 0.717) is 13.0 Å². The summed E-state index contributed by atoms with van der Waals surface area (Å²) in [5.74, 6) is -0.187. The average Bonchev–Trinajstić information content (AvgIpc) is 2.45. The molecule has 0 saturated heterocycles. The predicted molar refractivity (Wildman–Crippen MR) is 77.0 cm³/mol. The molecule has 0 aromatic heterocycles. The first-order chi connectivity index (χ1) is 9.22. The molecule has 0 aliphatic heterocycles. The van der Waals surface area contributed by atoms with Crippen LogP contribution in [-0.2, 0) is 9.53 Å². The second kappa shape index (κ2) is 6.31. The molecule has 0 fully saturated rings. The van der Waals surface area contributed by atoms with E-state index in [0.717, 1.165) is 16.5 Å². The molecule has 19 heavy (non-hydrogen) atoms. The Kier molecular flexibility index (Phi) is 4.49. The van der Waals surface area contributed by atoms with E-state index < -0.39 is 6.04 Å². The first-order valence-electron chi connectivity index (χ1n) is 6.25. The van der Waals surface area contributed by atoms with Gasteiger partial charge in [-0.15, -0.1) is 0 Å². The minimum atomic E-state index is -0.557. The first-order valence-corrected chi connectivity index (χ1v) is 6.25. The van der Waals surface area contributed by atoms with Gasteiger partial charge < -0.3 is 15.8 Å². The van der Waals surface area contributed by atoms with Gasteiger partial charge in [0.2, 0.25) is 5.91 Å². The van der Waals surface area contributed by atoms with Crippen LogP contribution in [0.2, 0.25) is 0 Å². The SMILES string of the molecule is COCCC(N)C(=O)Nc1cccc2ccccc12. The van der Waals surface area contributed by atoms with Gasteiger partial charge >= 0.3 is 0 Å². The Hall–Kier alpha value is -1.91. The second-order valence-corrected chi connectivity index (χ2v) is 4.40. The molecule has 3 N–H and O–H groups in total. The molecular weight excluding hydrogens is 240 g/mol. The van der Waals surface area contributed by atoms with Crippen LogP contribution in [0.3, 0.4) is 0 Å². The van der Waals surface area contributed by atoms with Crippen molar-refractivity contribution in [3.05, 3.63) is 42.5 Å². The van der Waals surface area contributed by atoms with Crippen molar-refractivity contribution in [2.24, 2.45) is 5.73 Å². The molecule has 0 heterocycles. The Morgan fingerprint density at radius 3 is 2.79 bits per heavy atom. The minimum Gasteiger partial charge on any atom is -0.385 e. The number of carbonyl (C=O) groups is 1. The number of fused-ring (bicyclic) bond motifs is 1. The predicted octanol–water partition coefficient (Wildman–Crippen LogP) is 2.14. The van der Waals surface area contributed by atoms with Gasteiger partial charge in [0.15, 0.2) is 0 Å². The van der Waals surface area contributed by atoms with E-state index in [1.807, 2.05) is 42.5 Å². The van der Waals surface area contributed by atoms with Crippen LogP contribution in [0.1, 0.15) is 6.42 Å². The lowest BCUT2D eigenvalue weighted by molar-refractivity contribution is -0.117. The van der Waals surface area contributed by atoms with Crippen molar-refractivity contribution in [2.45, 2.75) is 12.5 Å². The van der Waals surface area contributed by atoms with Gasteiger partial charge in [-0.3, -0.25) is 4.79 Å². The van der Waals surface area contributed by atoms with Gasteiger partial charge in [-0.05, 0) is 17.9 Å². The van der Waals surface area contributed by atoms with Crippen LogP contribution in [0.25, 0.3) is 10.8 Å². The normalized spacial score (nSPS) is 12.3. The van der Waals surface area contributed by atoms with E-state index in [1.165, 1.54) is 0 Å². The molecule has 0 spiro atoms. The van der Waals surface area contributed by atoms with Crippen LogP contribution in [0, 0.1) is 0 Å². The lowest BCUT2D eigenvalue weighted by Crippen LogP contribution is -2.36. The van der Waals surface area contributed by atoms with E-state index in [4.69, 9.17) is 10.5 Å². The van der Waals surface area contributed by atoms with Gasteiger partial charge in [-0.2, -0.15) is 0 Å². The van der Waals surface area contributed by atoms with Crippen molar-refractivity contribution in [3.8, 4) is 0 Å². The largest absolute Gasteiger partial charge is 0.385 e. The zero-order valence-corrected chi connectivity index (χ0v) is 10.9. The highest BCUT2D eigenvalue weighted by molar-refractivity contribution is 6.03. The summed E-state index contributed by atoms with van der Waals surface area (Å²) in [5.41, 5.74) is 6.59. The lowest BCUT2D eigenvalue weighted by Gasteiger charge is -2.13. The van der Waals surface area contributed by atoms with Crippen molar-refractivity contribution in [2.75, 3.05) is 19.0 Å². The van der Waals surface area contributed by atoms with E-state index in [9.17, 15) is 4.79 Å². The number of nitrogens with two attached hydrogens (primary N) is 1. The Labute approximate surface area is 112 Å². The lowest BCUT2D eigenvalue weighted by atomic mass is 10.1. The molecule has 2 rings (SSSR count). The molecule has 0 saturated carbocycles. The van der Waals surface area contributed by atoms with Gasteiger partial charge in [-0.1, -0.05) is 36.4 Å². The number of carbonyl (C=O) groups excluding carboxylic acids is 1. The number of nitrogens with one attached hydrogen (secondary N) is 1. The molecule has 0 radical (unpaired) electrons. The van der Waals surface area contributed by atoms with E-state index in [1.54, 1.807) is 7.11 Å². The van der Waals surface area contributed by atoms with Crippen LogP contribution < -0.4 is 11.1 Å². The third-order valence-corrected chi connectivity index (χ3v) is 3.02. The van der Waals surface area contributed by atoms with Crippen LogP contribution in [-0.4, -0.2) is 25.7 Å². The molecule has 0 aliphatic carbocycles. The maximum absolute atomic E-state index is 12.0. The van der Waals surface area contributed by atoms with Gasteiger partial charge in [0.25, 0.3) is 0 Å². The molecule has 0 aliphatic rings. The first kappa shape index (κ1) is 13.5. The Morgan fingerprint density at radius 2 is 2.00 bits per heavy atom. The summed E-state index contributed by atoms with van der Waals surface area (Å²) < 4.78 is 4.92. The summed E-state index contributed by atoms with van der Waals surface area (Å²) in [6, 6.07) is 13.2. The molecular formula is C15H18N2O2. The molecule has 100 valence electrons. The van der Waals surface area contributed by atoms with E-state index >= 15 is 0 Å². The molecule has 2 aromatic rings. The zero-order chi connectivity index (χ0) is 13.7. The summed E-state index contributed by atoms with van der Waals surface area (Å²) >= 11 is 0. The van der Waals surface area contributed by atoms with Gasteiger partial charge in [0, 0.05) is 24.8 Å². The van der Waals surface area contributed by atoms with Gasteiger partial charge in [0.05, 0.1) is 6.04 Å². The molecule has 1 atom stereocenters. The van der Waals surface area contributed by atoms with Crippen LogP contribution in [0.4, 0.5) is 5.69 Å². The fourth-order valence-electron chi connectivity index (χ4n) is 1.94. The summed E-state index contributed by atoms with van der Waals surface area (Å²) in [6.45, 7) is 0.476. The van der Waals surface area contributed by atoms with E-state index in [2.05, 4.69) is 5.32 Å². The van der Waals surface area contributed by atoms with Gasteiger partial charge in [-0.25, -0.2) is 0 Å². The highest BCUT2D eigenvalue weighted by atomic mass is 16.5. The van der Waals surface area contributed by atoms with Crippen molar-refractivity contribution in [1.82, 2.24) is 0 Å². The van der Waals surface area contributed by atoms with Crippen LogP contribution in [0.15, 0.2) is 42.5 Å². The number of rotatable bonds is 5. The molecule has 1 amide bonds. The quantitative estimate of drug-likeness (QED) is 0.863. The van der Waals surface area contributed by atoms with Crippen molar-refractivity contribution in [1.29, 1.82) is 0 Å². The van der Waals surface area contributed by atoms with Crippen molar-refractivity contribution in [3.63, 3.8) is 0 Å². The monoisotopic (exact) mass is 258 g/mol. The number of amides is 1. The third kappa shape index (κ3) is 3.30. The molecule has 1 unspecified atom stereocenters. The average molecular weight is 258 g/mol. The standard InChI is InChI=1S/C15H18N2O2/c1-19-10-9-13(16)15(18)17-14-8-4-6-11-5-2-3-7-12(11)14/h2-8,13H,9-10,16H2,1H3,(H,17,18). The van der Waals surface area contributed by atoms with Crippen LogP contribution >= 0.6 is 0 Å². The van der Waals surface area contributed by atoms with Crippen LogP contribution in [0.5, 0.6) is 0 Å². The topological polar surface area (TPSA) is 64.3 Å². The number of anilines is 1. The highest BCUT2D eigenvalue weighted by Crippen LogP contribution is 2.22. The Morgan fingerprint density at radius 1 is 1.26 bits per heavy atom. The zero-order valence-electron chi connectivity index (χ0n) is 10.9. The highest BCUT2D eigenvalue weighted by Gasteiger charge is 2.14. The molecule has 0 bridgehead atoms. The summed E-state index contributed by atoms with van der Waals surface area (Å²) in [4.78, 5) is 12.0. The molecule has 2 aromatic carbocycles. The fraction of sp³-hybridized carbons (Fsp3) is 0.267. The summed E-state index contributed by atoms with van der Waals surface area (Å²) in [6.07, 6.45) is 0.507. The number of hydrogen-bond donors (Lipinski definition) is 2. The number of hydrogen-bond acceptors (Lipinski definition) is 3. The summed E-state index contributed by atoms with van der Waals surface area (Å²) in [5, 5.41) is 4.97. The number of methoxy groups -OCH3 is 1. The third-order valence-electron chi connectivity index (χ3n) is 3.02. The number of benzene rings is 2. The molecule has 4 heteroatoms. The Bertz CT molecular complexity index is 564. The summed E-state index contributed by atoms with van der Waals surface area (Å²) in [7, 11) is 1.59. The maximum Gasteiger partial charge on any atom is 0.241 e. The van der Waals surface area contributed by atoms with Gasteiger partial charge in [0.1, 0.15) is 0 Å². The van der Waals surface area contributed by atoms with E-state index in [-0.39, 0.29) is 5.91 Å². The minimum absolute atomic E-state index is 0.187. The molecule has 4 nitrogen and oxygen atoms in total. The maximum atomic E-state index is 12.0. The Balaban J connectivity index is 2.15. The number of ether oxygens (including phenoxy) is 1. The smallest absolute Gasteiger partial charge is 0.241 e.